The first-order chi connectivity index (χ1) is 8.25. The number of thioether (sulfide) groups is 1. The minimum Gasteiger partial charge on any atom is -0.363 e. The summed E-state index contributed by atoms with van der Waals surface area (Å²) in [4.78, 5) is 7.61. The van der Waals surface area contributed by atoms with Gasteiger partial charge in [-0.1, -0.05) is 30.3 Å². The number of benzene rings is 1. The Morgan fingerprint density at radius 3 is 2.41 bits per heavy atom. The zero-order valence-corrected chi connectivity index (χ0v) is 10.9. The number of pyridine rings is 1. The van der Waals surface area contributed by atoms with Crippen LogP contribution >= 0.6 is 11.8 Å². The number of hydrogen-bond donors (Lipinski definition) is 0. The van der Waals surface area contributed by atoms with Gasteiger partial charge in [-0.25, -0.2) is 4.98 Å². The summed E-state index contributed by atoms with van der Waals surface area (Å²) in [6, 6.07) is 14.7. The summed E-state index contributed by atoms with van der Waals surface area (Å²) in [6.07, 6.45) is 1.93. The van der Waals surface area contributed by atoms with Crippen molar-refractivity contribution >= 4 is 17.6 Å². The molecule has 0 aliphatic rings. The summed E-state index contributed by atoms with van der Waals surface area (Å²) in [5.74, 6) is 1.98. The normalized spacial score (nSPS) is 10.2. The Morgan fingerprint density at radius 2 is 1.82 bits per heavy atom. The smallest absolute Gasteiger partial charge is 0.128 e. The average molecular weight is 244 g/mol. The van der Waals surface area contributed by atoms with Crippen LogP contribution in [0.25, 0.3) is 0 Å². The Labute approximate surface area is 107 Å². The van der Waals surface area contributed by atoms with E-state index in [1.165, 1.54) is 10.5 Å². The third-order valence-corrected chi connectivity index (χ3v) is 3.48. The summed E-state index contributed by atoms with van der Waals surface area (Å²) in [5, 5.41) is 0. The molecule has 0 radical (unpaired) electrons. The van der Waals surface area contributed by atoms with Gasteiger partial charge in [-0.15, -0.1) is 11.8 Å². The molecule has 17 heavy (non-hydrogen) atoms. The largest absolute Gasteiger partial charge is 0.363 e. The molecule has 1 heterocycles. The number of hydrogen-bond acceptors (Lipinski definition) is 3. The summed E-state index contributed by atoms with van der Waals surface area (Å²) in [5.41, 5.74) is 1.34. The third-order valence-electron chi connectivity index (χ3n) is 2.43. The molecule has 1 aromatic carbocycles. The molecule has 1 aromatic heterocycles. The third kappa shape index (κ3) is 3.49. The van der Waals surface area contributed by atoms with E-state index in [0.29, 0.717) is 0 Å². The van der Waals surface area contributed by atoms with E-state index in [4.69, 9.17) is 0 Å². The topological polar surface area (TPSA) is 16.1 Å². The maximum absolute atomic E-state index is 4.40. The second-order valence-corrected chi connectivity index (χ2v) is 5.07. The highest BCUT2D eigenvalue weighted by Gasteiger charge is 1.99. The first-order valence-corrected chi connectivity index (χ1v) is 6.54. The molecule has 0 aliphatic heterocycles. The standard InChI is InChI=1S/C14H16N2S/c1-16(2)14-9-8-13(10-15-14)17-11-12-6-4-3-5-7-12/h3-10H,11H2,1-2H3. The van der Waals surface area contributed by atoms with Crippen molar-refractivity contribution in [2.75, 3.05) is 19.0 Å². The van der Waals surface area contributed by atoms with Crippen molar-refractivity contribution < 1.29 is 0 Å². The van der Waals surface area contributed by atoms with Crippen LogP contribution < -0.4 is 4.90 Å². The van der Waals surface area contributed by atoms with E-state index in [9.17, 15) is 0 Å². The van der Waals surface area contributed by atoms with E-state index in [1.54, 1.807) is 0 Å². The number of rotatable bonds is 4. The highest BCUT2D eigenvalue weighted by molar-refractivity contribution is 7.98. The number of aromatic nitrogens is 1. The van der Waals surface area contributed by atoms with Crippen LogP contribution in [-0.4, -0.2) is 19.1 Å². The fourth-order valence-electron chi connectivity index (χ4n) is 1.46. The molecule has 0 atom stereocenters. The second-order valence-electron chi connectivity index (χ2n) is 4.02. The van der Waals surface area contributed by atoms with Gasteiger partial charge in [0, 0.05) is 30.9 Å². The van der Waals surface area contributed by atoms with Gasteiger partial charge in [0.15, 0.2) is 0 Å². The molecule has 2 nitrogen and oxygen atoms in total. The maximum atomic E-state index is 4.40. The van der Waals surface area contributed by atoms with Gasteiger partial charge < -0.3 is 4.90 Å². The van der Waals surface area contributed by atoms with Gasteiger partial charge in [-0.05, 0) is 17.7 Å². The summed E-state index contributed by atoms with van der Waals surface area (Å²) < 4.78 is 0. The van der Waals surface area contributed by atoms with E-state index >= 15 is 0 Å². The SMILES string of the molecule is CN(C)c1ccc(SCc2ccccc2)cn1. The maximum Gasteiger partial charge on any atom is 0.128 e. The van der Waals surface area contributed by atoms with Crippen LogP contribution in [0.3, 0.4) is 0 Å². The number of anilines is 1. The molecule has 88 valence electrons. The Balaban J connectivity index is 1.96. The van der Waals surface area contributed by atoms with Crippen LogP contribution in [0.15, 0.2) is 53.6 Å². The molecule has 0 unspecified atom stereocenters. The van der Waals surface area contributed by atoms with Crippen LogP contribution in [0.2, 0.25) is 0 Å². The van der Waals surface area contributed by atoms with Gasteiger partial charge in [-0.2, -0.15) is 0 Å². The minimum absolute atomic E-state index is 0.990. The Kier molecular flexibility index (Phi) is 4.04. The van der Waals surface area contributed by atoms with Gasteiger partial charge in [0.2, 0.25) is 0 Å². The molecule has 0 amide bonds. The monoisotopic (exact) mass is 244 g/mol. The van der Waals surface area contributed by atoms with Gasteiger partial charge in [0.25, 0.3) is 0 Å². The molecule has 2 rings (SSSR count). The molecule has 3 heteroatoms. The van der Waals surface area contributed by atoms with Crippen LogP contribution in [0, 0.1) is 0 Å². The van der Waals surface area contributed by atoms with Crippen molar-refractivity contribution in [2.45, 2.75) is 10.6 Å². The van der Waals surface area contributed by atoms with Crippen molar-refractivity contribution in [3.63, 3.8) is 0 Å². The molecule has 0 N–H and O–H groups in total. The van der Waals surface area contributed by atoms with E-state index in [1.807, 2.05) is 49.1 Å². The van der Waals surface area contributed by atoms with Crippen molar-refractivity contribution in [2.24, 2.45) is 0 Å². The minimum atomic E-state index is 0.990. The van der Waals surface area contributed by atoms with Crippen LogP contribution in [-0.2, 0) is 5.75 Å². The molecule has 0 aliphatic carbocycles. The van der Waals surface area contributed by atoms with Crippen molar-refractivity contribution in [1.29, 1.82) is 0 Å². The quantitative estimate of drug-likeness (QED) is 0.766. The van der Waals surface area contributed by atoms with E-state index in [-0.39, 0.29) is 0 Å². The molecular weight excluding hydrogens is 228 g/mol. The van der Waals surface area contributed by atoms with Crippen molar-refractivity contribution in [3.05, 3.63) is 54.2 Å². The Morgan fingerprint density at radius 1 is 1.06 bits per heavy atom. The molecular formula is C14H16N2S. The lowest BCUT2D eigenvalue weighted by Crippen LogP contribution is -2.09. The molecule has 2 aromatic rings. The summed E-state index contributed by atoms with van der Waals surface area (Å²) in [7, 11) is 4.00. The summed E-state index contributed by atoms with van der Waals surface area (Å²) in [6.45, 7) is 0. The lowest BCUT2D eigenvalue weighted by atomic mass is 10.2. The van der Waals surface area contributed by atoms with Crippen LogP contribution in [0.1, 0.15) is 5.56 Å². The molecule has 0 spiro atoms. The van der Waals surface area contributed by atoms with E-state index in [2.05, 4.69) is 35.3 Å². The predicted octanol–water partition coefficient (Wildman–Crippen LogP) is 3.44. The van der Waals surface area contributed by atoms with Gasteiger partial charge >= 0.3 is 0 Å². The lowest BCUT2D eigenvalue weighted by Gasteiger charge is -2.11. The fraction of sp³-hybridized carbons (Fsp3) is 0.214. The highest BCUT2D eigenvalue weighted by atomic mass is 32.2. The van der Waals surface area contributed by atoms with Crippen molar-refractivity contribution in [3.8, 4) is 0 Å². The number of nitrogens with zero attached hydrogens (tertiary/aromatic N) is 2. The summed E-state index contributed by atoms with van der Waals surface area (Å²) >= 11 is 1.81. The fourth-order valence-corrected chi connectivity index (χ4v) is 2.28. The molecule has 0 saturated carbocycles. The first-order valence-electron chi connectivity index (χ1n) is 5.56. The first kappa shape index (κ1) is 12.0. The molecule has 0 fully saturated rings. The average Bonchev–Trinajstić information content (AvgIpc) is 2.38. The van der Waals surface area contributed by atoms with Gasteiger partial charge in [0.1, 0.15) is 5.82 Å². The second kappa shape index (κ2) is 5.73. The van der Waals surface area contributed by atoms with Gasteiger partial charge in [-0.3, -0.25) is 0 Å². The zero-order valence-electron chi connectivity index (χ0n) is 10.1. The highest BCUT2D eigenvalue weighted by Crippen LogP contribution is 2.23. The lowest BCUT2D eigenvalue weighted by molar-refractivity contribution is 1.05. The van der Waals surface area contributed by atoms with Crippen molar-refractivity contribution in [1.82, 2.24) is 4.98 Å². The van der Waals surface area contributed by atoms with Crippen LogP contribution in [0.4, 0.5) is 5.82 Å². The van der Waals surface area contributed by atoms with Crippen LogP contribution in [0.5, 0.6) is 0 Å². The zero-order chi connectivity index (χ0) is 12.1. The predicted molar refractivity (Wildman–Crippen MR) is 74.6 cm³/mol. The molecule has 0 bridgehead atoms. The van der Waals surface area contributed by atoms with E-state index < -0.39 is 0 Å². The van der Waals surface area contributed by atoms with Gasteiger partial charge in [0.05, 0.1) is 0 Å². The Bertz CT molecular complexity index is 451. The van der Waals surface area contributed by atoms with E-state index in [0.717, 1.165) is 11.6 Å². The molecule has 0 saturated heterocycles. The Hall–Kier alpha value is -1.48.